The molecule has 0 spiro atoms. The van der Waals surface area contributed by atoms with Gasteiger partial charge < -0.3 is 5.32 Å². The average Bonchev–Trinajstić information content (AvgIpc) is 2.26. The van der Waals surface area contributed by atoms with Gasteiger partial charge in [0.2, 0.25) is 10.0 Å². The minimum absolute atomic E-state index is 0.300. The van der Waals surface area contributed by atoms with Crippen molar-refractivity contribution in [2.75, 3.05) is 25.9 Å². The van der Waals surface area contributed by atoms with Crippen LogP contribution in [0.15, 0.2) is 0 Å². The van der Waals surface area contributed by atoms with E-state index in [-0.39, 0.29) is 0 Å². The van der Waals surface area contributed by atoms with E-state index in [1.807, 2.05) is 0 Å². The summed E-state index contributed by atoms with van der Waals surface area (Å²) in [7, 11) is -3.03. The molecule has 1 rings (SSSR count). The van der Waals surface area contributed by atoms with Crippen LogP contribution in [0, 0.1) is 18.3 Å². The maximum atomic E-state index is 11.5. The smallest absolute Gasteiger partial charge is 0.211 e. The summed E-state index contributed by atoms with van der Waals surface area (Å²) in [6, 6.07) is 0.300. The Balaban J connectivity index is 2.38. The maximum absolute atomic E-state index is 11.5. The molecule has 0 aromatic heterocycles. The molecule has 17 heavy (non-hydrogen) atoms. The predicted octanol–water partition coefficient (Wildman–Crippen LogP) is 0.659. The second-order valence-electron chi connectivity index (χ2n) is 4.85. The number of hydrogen-bond acceptors (Lipinski definition) is 3. The van der Waals surface area contributed by atoms with Crippen LogP contribution in [0.25, 0.3) is 0 Å². The SMILES string of the molecule is C#CCC(C)NCC1CCCN(S(C)(=O)=O)C1. The van der Waals surface area contributed by atoms with Crippen molar-refractivity contribution in [3.05, 3.63) is 0 Å². The molecule has 1 saturated heterocycles. The lowest BCUT2D eigenvalue weighted by Crippen LogP contribution is -2.43. The van der Waals surface area contributed by atoms with Crippen LogP contribution in [0.4, 0.5) is 0 Å². The van der Waals surface area contributed by atoms with Crippen LogP contribution in [0.5, 0.6) is 0 Å². The number of hydrogen-bond donors (Lipinski definition) is 1. The van der Waals surface area contributed by atoms with Gasteiger partial charge in [0.1, 0.15) is 0 Å². The highest BCUT2D eigenvalue weighted by atomic mass is 32.2. The Morgan fingerprint density at radius 2 is 2.29 bits per heavy atom. The van der Waals surface area contributed by atoms with Gasteiger partial charge in [0.25, 0.3) is 0 Å². The summed E-state index contributed by atoms with van der Waals surface area (Å²) < 4.78 is 24.5. The van der Waals surface area contributed by atoms with Crippen molar-refractivity contribution in [2.24, 2.45) is 5.92 Å². The van der Waals surface area contributed by atoms with Gasteiger partial charge in [-0.3, -0.25) is 0 Å². The summed E-state index contributed by atoms with van der Waals surface area (Å²) in [5.74, 6) is 3.02. The number of piperidine rings is 1. The second kappa shape index (κ2) is 6.39. The van der Waals surface area contributed by atoms with Crippen molar-refractivity contribution in [1.82, 2.24) is 9.62 Å². The Kier molecular flexibility index (Phi) is 5.44. The fourth-order valence-electron chi connectivity index (χ4n) is 2.11. The molecule has 0 aromatic carbocycles. The lowest BCUT2D eigenvalue weighted by Gasteiger charge is -2.31. The molecule has 0 saturated carbocycles. The molecule has 0 radical (unpaired) electrons. The number of sulfonamides is 1. The Morgan fingerprint density at radius 1 is 1.59 bits per heavy atom. The molecule has 0 aromatic rings. The molecule has 0 amide bonds. The van der Waals surface area contributed by atoms with E-state index >= 15 is 0 Å². The predicted molar refractivity (Wildman–Crippen MR) is 70.1 cm³/mol. The summed E-state index contributed by atoms with van der Waals surface area (Å²) in [5.41, 5.74) is 0. The molecule has 5 heteroatoms. The lowest BCUT2D eigenvalue weighted by atomic mass is 9.99. The van der Waals surface area contributed by atoms with Gasteiger partial charge >= 0.3 is 0 Å². The van der Waals surface area contributed by atoms with E-state index in [2.05, 4.69) is 18.2 Å². The highest BCUT2D eigenvalue weighted by molar-refractivity contribution is 7.88. The number of terminal acetylenes is 1. The van der Waals surface area contributed by atoms with Gasteiger partial charge in [0.15, 0.2) is 0 Å². The highest BCUT2D eigenvalue weighted by Gasteiger charge is 2.25. The van der Waals surface area contributed by atoms with Crippen LogP contribution >= 0.6 is 0 Å². The molecule has 0 aliphatic carbocycles. The summed E-state index contributed by atoms with van der Waals surface area (Å²) in [6.45, 7) is 4.19. The maximum Gasteiger partial charge on any atom is 0.211 e. The fraction of sp³-hybridized carbons (Fsp3) is 0.833. The molecule has 1 N–H and O–H groups in total. The van der Waals surface area contributed by atoms with E-state index in [1.54, 1.807) is 4.31 Å². The third-order valence-electron chi connectivity index (χ3n) is 3.13. The monoisotopic (exact) mass is 258 g/mol. The normalized spacial score (nSPS) is 24.2. The average molecular weight is 258 g/mol. The summed E-state index contributed by atoms with van der Waals surface area (Å²) in [4.78, 5) is 0. The Hall–Kier alpha value is -0.570. The zero-order chi connectivity index (χ0) is 12.9. The molecule has 2 atom stereocenters. The van der Waals surface area contributed by atoms with Gasteiger partial charge in [-0.2, -0.15) is 0 Å². The van der Waals surface area contributed by atoms with Crippen LogP contribution in [0.3, 0.4) is 0 Å². The zero-order valence-corrected chi connectivity index (χ0v) is 11.5. The van der Waals surface area contributed by atoms with Crippen molar-refractivity contribution < 1.29 is 8.42 Å². The number of nitrogens with zero attached hydrogens (tertiary/aromatic N) is 1. The Labute approximate surface area is 105 Å². The molecule has 1 aliphatic rings. The van der Waals surface area contributed by atoms with Crippen LogP contribution in [-0.2, 0) is 10.0 Å². The van der Waals surface area contributed by atoms with E-state index in [0.717, 1.165) is 19.4 Å². The highest BCUT2D eigenvalue weighted by Crippen LogP contribution is 2.18. The van der Waals surface area contributed by atoms with Crippen LogP contribution in [-0.4, -0.2) is 44.7 Å². The van der Waals surface area contributed by atoms with Gasteiger partial charge in [0.05, 0.1) is 6.26 Å². The molecule has 4 nitrogen and oxygen atoms in total. The van der Waals surface area contributed by atoms with Gasteiger partial charge in [-0.1, -0.05) is 0 Å². The third-order valence-corrected chi connectivity index (χ3v) is 4.40. The van der Waals surface area contributed by atoms with E-state index in [4.69, 9.17) is 6.42 Å². The lowest BCUT2D eigenvalue weighted by molar-refractivity contribution is 0.257. The summed E-state index contributed by atoms with van der Waals surface area (Å²) >= 11 is 0. The van der Waals surface area contributed by atoms with E-state index in [1.165, 1.54) is 6.26 Å². The van der Waals surface area contributed by atoms with Crippen LogP contribution in [0.2, 0.25) is 0 Å². The van der Waals surface area contributed by atoms with E-state index < -0.39 is 10.0 Å². The largest absolute Gasteiger partial charge is 0.313 e. The first-order chi connectivity index (χ1) is 7.93. The molecule has 1 aliphatic heterocycles. The molecule has 1 fully saturated rings. The first-order valence-electron chi connectivity index (χ1n) is 6.05. The Morgan fingerprint density at radius 3 is 2.88 bits per heavy atom. The zero-order valence-electron chi connectivity index (χ0n) is 10.6. The molecule has 1 heterocycles. The van der Waals surface area contributed by atoms with Gasteiger partial charge in [-0.05, 0) is 32.2 Å². The molecule has 2 unspecified atom stereocenters. The first-order valence-corrected chi connectivity index (χ1v) is 7.90. The van der Waals surface area contributed by atoms with E-state index in [0.29, 0.717) is 31.5 Å². The van der Waals surface area contributed by atoms with Crippen molar-refractivity contribution >= 4 is 10.0 Å². The van der Waals surface area contributed by atoms with Crippen LogP contribution < -0.4 is 5.32 Å². The molecular weight excluding hydrogens is 236 g/mol. The van der Waals surface area contributed by atoms with Crippen LogP contribution in [0.1, 0.15) is 26.2 Å². The van der Waals surface area contributed by atoms with Gasteiger partial charge in [-0.15, -0.1) is 12.3 Å². The minimum atomic E-state index is -3.03. The standard InChI is InChI=1S/C12H22N2O2S/c1-4-6-11(2)13-9-12-7-5-8-14(10-12)17(3,15)16/h1,11-13H,5-10H2,2-3H3. The quantitative estimate of drug-likeness (QED) is 0.737. The molecule has 0 bridgehead atoms. The first kappa shape index (κ1) is 14.5. The minimum Gasteiger partial charge on any atom is -0.313 e. The van der Waals surface area contributed by atoms with Crippen molar-refractivity contribution in [3.8, 4) is 12.3 Å². The third kappa shape index (κ3) is 5.07. The number of rotatable bonds is 5. The topological polar surface area (TPSA) is 49.4 Å². The van der Waals surface area contributed by atoms with Gasteiger partial charge in [0, 0.05) is 25.6 Å². The molecular formula is C12H22N2O2S. The fourth-order valence-corrected chi connectivity index (χ4v) is 3.05. The summed E-state index contributed by atoms with van der Waals surface area (Å²) in [6.07, 6.45) is 9.26. The van der Waals surface area contributed by atoms with Crippen molar-refractivity contribution in [2.45, 2.75) is 32.2 Å². The second-order valence-corrected chi connectivity index (χ2v) is 6.83. The van der Waals surface area contributed by atoms with E-state index in [9.17, 15) is 8.42 Å². The summed E-state index contributed by atoms with van der Waals surface area (Å²) in [5, 5.41) is 3.36. The Bertz CT molecular complexity index is 372. The van der Waals surface area contributed by atoms with Crippen molar-refractivity contribution in [1.29, 1.82) is 0 Å². The number of nitrogens with one attached hydrogen (secondary N) is 1. The molecule has 98 valence electrons. The van der Waals surface area contributed by atoms with Gasteiger partial charge in [-0.25, -0.2) is 12.7 Å². The van der Waals surface area contributed by atoms with Crippen molar-refractivity contribution in [3.63, 3.8) is 0 Å².